The van der Waals surface area contributed by atoms with Crippen LogP contribution in [0, 0.1) is 5.92 Å². The maximum Gasteiger partial charge on any atom is 0.232 e. The highest BCUT2D eigenvalue weighted by atomic mass is 35.5. The number of benzene rings is 2. The van der Waals surface area contributed by atoms with E-state index in [9.17, 15) is 4.79 Å². The Balaban J connectivity index is 1.62. The molecule has 3 rings (SSSR count). The van der Waals surface area contributed by atoms with Crippen LogP contribution >= 0.6 is 23.4 Å². The van der Waals surface area contributed by atoms with Crippen molar-refractivity contribution in [1.29, 1.82) is 0 Å². The van der Waals surface area contributed by atoms with E-state index in [1.54, 1.807) is 11.8 Å². The monoisotopic (exact) mass is 416 g/mol. The average Bonchev–Trinajstić information content (AvgIpc) is 3.18. The molecule has 3 nitrogen and oxygen atoms in total. The van der Waals surface area contributed by atoms with Crippen molar-refractivity contribution >= 4 is 29.3 Å². The lowest BCUT2D eigenvalue weighted by Crippen LogP contribution is -2.32. The fourth-order valence-corrected chi connectivity index (χ4v) is 4.99. The normalized spacial score (nSPS) is 17.9. The van der Waals surface area contributed by atoms with Crippen LogP contribution in [0.1, 0.15) is 29.7 Å². The van der Waals surface area contributed by atoms with Gasteiger partial charge in [0.15, 0.2) is 0 Å². The Morgan fingerprint density at radius 1 is 1.18 bits per heavy atom. The first-order valence-corrected chi connectivity index (χ1v) is 11.4. The van der Waals surface area contributed by atoms with E-state index in [-0.39, 0.29) is 11.2 Å². The highest BCUT2D eigenvalue weighted by molar-refractivity contribution is 8.00. The zero-order valence-electron chi connectivity index (χ0n) is 16.7. The molecule has 0 saturated carbocycles. The summed E-state index contributed by atoms with van der Waals surface area (Å²) in [6.07, 6.45) is 1.11. The summed E-state index contributed by atoms with van der Waals surface area (Å²) in [6, 6.07) is 18.3. The van der Waals surface area contributed by atoms with E-state index in [0.29, 0.717) is 11.7 Å². The fraction of sp³-hybridized carbons (Fsp3) is 0.435. The molecule has 1 aliphatic rings. The van der Waals surface area contributed by atoms with Crippen LogP contribution < -0.4 is 0 Å². The Hall–Kier alpha value is -1.49. The van der Waals surface area contributed by atoms with Crippen molar-refractivity contribution in [2.75, 3.05) is 39.0 Å². The molecule has 1 aliphatic heterocycles. The lowest BCUT2D eigenvalue weighted by Gasteiger charge is -2.22. The average molecular weight is 417 g/mol. The molecule has 0 spiro atoms. The van der Waals surface area contributed by atoms with Gasteiger partial charge in [-0.25, -0.2) is 0 Å². The Morgan fingerprint density at radius 3 is 2.54 bits per heavy atom. The Morgan fingerprint density at radius 2 is 1.86 bits per heavy atom. The van der Waals surface area contributed by atoms with Gasteiger partial charge in [-0.2, -0.15) is 0 Å². The first kappa shape index (κ1) is 21.2. The molecule has 1 saturated heterocycles. The lowest BCUT2D eigenvalue weighted by molar-refractivity contribution is -0.127. The summed E-state index contributed by atoms with van der Waals surface area (Å²) in [7, 11) is 2.15. The van der Waals surface area contributed by atoms with Crippen molar-refractivity contribution in [2.45, 2.75) is 18.6 Å². The van der Waals surface area contributed by atoms with Gasteiger partial charge < -0.3 is 9.80 Å². The highest BCUT2D eigenvalue weighted by Gasteiger charge is 2.27. The molecule has 0 unspecified atom stereocenters. The van der Waals surface area contributed by atoms with Crippen LogP contribution in [0.3, 0.4) is 0 Å². The molecular weight excluding hydrogens is 388 g/mol. The van der Waals surface area contributed by atoms with Crippen molar-refractivity contribution in [1.82, 2.24) is 9.80 Å². The Labute approximate surface area is 178 Å². The van der Waals surface area contributed by atoms with Crippen LogP contribution in [-0.2, 0) is 4.79 Å². The van der Waals surface area contributed by atoms with E-state index in [2.05, 4.69) is 55.3 Å². The summed E-state index contributed by atoms with van der Waals surface area (Å²) in [4.78, 5) is 17.2. The van der Waals surface area contributed by atoms with Gasteiger partial charge in [0.2, 0.25) is 5.91 Å². The van der Waals surface area contributed by atoms with Crippen molar-refractivity contribution in [2.24, 2.45) is 5.92 Å². The zero-order valence-corrected chi connectivity index (χ0v) is 18.3. The molecule has 1 fully saturated rings. The number of carbonyl (C=O) groups is 1. The van der Waals surface area contributed by atoms with Crippen LogP contribution in [0.2, 0.25) is 5.02 Å². The van der Waals surface area contributed by atoms with E-state index in [4.69, 9.17) is 11.6 Å². The highest BCUT2D eigenvalue weighted by Crippen LogP contribution is 2.36. The topological polar surface area (TPSA) is 23.6 Å². The van der Waals surface area contributed by atoms with Gasteiger partial charge in [0, 0.05) is 24.7 Å². The minimum absolute atomic E-state index is 0.132. The van der Waals surface area contributed by atoms with E-state index in [1.807, 2.05) is 23.1 Å². The quantitative estimate of drug-likeness (QED) is 0.607. The van der Waals surface area contributed by atoms with E-state index in [1.165, 1.54) is 11.1 Å². The third-order valence-corrected chi connectivity index (χ3v) is 6.94. The zero-order chi connectivity index (χ0) is 19.9. The number of likely N-dealkylation sites (tertiary alicyclic amines) is 1. The van der Waals surface area contributed by atoms with Gasteiger partial charge in [0.25, 0.3) is 0 Å². The predicted octanol–water partition coefficient (Wildman–Crippen LogP) is 4.96. The summed E-state index contributed by atoms with van der Waals surface area (Å²) in [5, 5.41) is 0.865. The summed E-state index contributed by atoms with van der Waals surface area (Å²) in [5.41, 5.74) is 2.39. The molecular formula is C23H29ClN2OS. The van der Waals surface area contributed by atoms with Crippen LogP contribution in [-0.4, -0.2) is 54.7 Å². The third kappa shape index (κ3) is 5.76. The molecule has 0 aromatic heterocycles. The predicted molar refractivity (Wildman–Crippen MR) is 120 cm³/mol. The van der Waals surface area contributed by atoms with Crippen LogP contribution in [0.25, 0.3) is 0 Å². The van der Waals surface area contributed by atoms with Crippen molar-refractivity contribution in [3.05, 3.63) is 70.7 Å². The first-order valence-electron chi connectivity index (χ1n) is 9.95. The van der Waals surface area contributed by atoms with E-state index >= 15 is 0 Å². The second-order valence-electron chi connectivity index (χ2n) is 7.50. The number of hydrogen-bond donors (Lipinski definition) is 0. The molecule has 0 aliphatic carbocycles. The number of halogens is 1. The second kappa shape index (κ2) is 10.3. The largest absolute Gasteiger partial charge is 0.342 e. The molecule has 28 heavy (non-hydrogen) atoms. The van der Waals surface area contributed by atoms with E-state index < -0.39 is 0 Å². The van der Waals surface area contributed by atoms with Crippen molar-refractivity contribution in [3.8, 4) is 0 Å². The number of hydrogen-bond acceptors (Lipinski definition) is 3. The van der Waals surface area contributed by atoms with Crippen molar-refractivity contribution in [3.63, 3.8) is 0 Å². The minimum Gasteiger partial charge on any atom is -0.342 e. The van der Waals surface area contributed by atoms with Gasteiger partial charge in [-0.15, -0.1) is 11.8 Å². The van der Waals surface area contributed by atoms with Gasteiger partial charge >= 0.3 is 0 Å². The number of nitrogens with zero attached hydrogens (tertiary/aromatic N) is 2. The summed E-state index contributed by atoms with van der Waals surface area (Å²) < 4.78 is 0. The van der Waals surface area contributed by atoms with Crippen molar-refractivity contribution < 1.29 is 4.79 Å². The van der Waals surface area contributed by atoms with E-state index in [0.717, 1.165) is 37.6 Å². The molecule has 2 aromatic rings. The molecule has 1 heterocycles. The third-order valence-electron chi connectivity index (χ3n) is 5.40. The molecule has 0 radical (unpaired) electrons. The lowest BCUT2D eigenvalue weighted by atomic mass is 10.0. The second-order valence-corrected chi connectivity index (χ2v) is 9.03. The van der Waals surface area contributed by atoms with Gasteiger partial charge in [0.1, 0.15) is 0 Å². The number of rotatable bonds is 8. The molecule has 150 valence electrons. The number of amides is 1. The molecule has 0 N–H and O–H groups in total. The van der Waals surface area contributed by atoms with Crippen LogP contribution in [0.5, 0.6) is 0 Å². The molecule has 0 bridgehead atoms. The Bertz CT molecular complexity index is 753. The first-order chi connectivity index (χ1) is 13.6. The Kier molecular flexibility index (Phi) is 7.83. The van der Waals surface area contributed by atoms with Gasteiger partial charge in [0.05, 0.1) is 11.0 Å². The number of thioether (sulfide) groups is 1. The van der Waals surface area contributed by atoms with Crippen LogP contribution in [0.15, 0.2) is 54.6 Å². The summed E-state index contributed by atoms with van der Waals surface area (Å²) in [5.74, 6) is 1.35. The SMILES string of the molecule is CCN(C)C[C@@H]1CCN(C(=O)CS[C@H](c2ccccc2)c2ccc(Cl)cc2)C1. The maximum atomic E-state index is 12.8. The smallest absolute Gasteiger partial charge is 0.232 e. The molecule has 5 heteroatoms. The standard InChI is InChI=1S/C23H29ClN2OS/c1-3-25(2)15-18-13-14-26(16-18)22(27)17-28-23(19-7-5-4-6-8-19)20-9-11-21(24)12-10-20/h4-12,18,23H,3,13-17H2,1-2H3/t18-,23+/m0/s1. The summed E-state index contributed by atoms with van der Waals surface area (Å²) in [6.45, 7) is 6.08. The van der Waals surface area contributed by atoms with Gasteiger partial charge in [-0.05, 0) is 49.2 Å². The van der Waals surface area contributed by atoms with Gasteiger partial charge in [-0.1, -0.05) is 61.0 Å². The van der Waals surface area contributed by atoms with Crippen LogP contribution in [0.4, 0.5) is 0 Å². The van der Waals surface area contributed by atoms with Gasteiger partial charge in [-0.3, -0.25) is 4.79 Å². The maximum absolute atomic E-state index is 12.8. The minimum atomic E-state index is 0.132. The molecule has 2 aromatic carbocycles. The molecule has 2 atom stereocenters. The fourth-order valence-electron chi connectivity index (χ4n) is 3.67. The number of carbonyl (C=O) groups excluding carboxylic acids is 1. The summed E-state index contributed by atoms with van der Waals surface area (Å²) >= 11 is 7.77. The molecule has 1 amide bonds.